The average Bonchev–Trinajstić information content (AvgIpc) is 2.28. The Hall–Kier alpha value is -1.62. The zero-order chi connectivity index (χ0) is 13.7. The monoisotopic (exact) mass is 270 g/mol. The quantitative estimate of drug-likeness (QED) is 0.857. The molecule has 0 aromatic carbocycles. The summed E-state index contributed by atoms with van der Waals surface area (Å²) in [5, 5.41) is 11.9. The van der Waals surface area contributed by atoms with Crippen molar-refractivity contribution in [3.63, 3.8) is 0 Å². The molecule has 6 heteroatoms. The number of hydrogen-bond donors (Lipinski definition) is 2. The fourth-order valence-electron chi connectivity index (χ4n) is 1.44. The van der Waals surface area contributed by atoms with Crippen LogP contribution in [0.4, 0.5) is 0 Å². The van der Waals surface area contributed by atoms with Gasteiger partial charge in [0.1, 0.15) is 11.7 Å². The lowest BCUT2D eigenvalue weighted by atomic mass is 10.0. The number of halogens is 1. The number of carboxylic acids is 1. The molecule has 1 heterocycles. The average molecular weight is 271 g/mol. The van der Waals surface area contributed by atoms with Crippen LogP contribution in [0.15, 0.2) is 18.3 Å². The van der Waals surface area contributed by atoms with Gasteiger partial charge in [0.05, 0.1) is 5.02 Å². The largest absolute Gasteiger partial charge is 0.480 e. The molecule has 18 heavy (non-hydrogen) atoms. The highest BCUT2D eigenvalue weighted by molar-refractivity contribution is 6.30. The van der Waals surface area contributed by atoms with Crippen molar-refractivity contribution in [2.45, 2.75) is 26.3 Å². The normalized spacial score (nSPS) is 12.2. The van der Waals surface area contributed by atoms with E-state index in [0.29, 0.717) is 11.4 Å². The number of aliphatic carboxylic acids is 1. The van der Waals surface area contributed by atoms with Gasteiger partial charge in [-0.25, -0.2) is 9.78 Å². The molecule has 0 spiro atoms. The smallest absolute Gasteiger partial charge is 0.326 e. The summed E-state index contributed by atoms with van der Waals surface area (Å²) in [5.41, 5.74) is 0.148. The predicted molar refractivity (Wildman–Crippen MR) is 67.6 cm³/mol. The van der Waals surface area contributed by atoms with Crippen LogP contribution in [0.3, 0.4) is 0 Å². The standard InChI is InChI=1S/C12H15ClN2O3/c1-7(2)5-10(12(17)18)15-11(16)9-4-3-8(13)6-14-9/h3-4,6-7,10H,5H2,1-2H3,(H,15,16)(H,17,18). The molecule has 1 rings (SSSR count). The molecular weight excluding hydrogens is 256 g/mol. The Morgan fingerprint density at radius 1 is 1.44 bits per heavy atom. The highest BCUT2D eigenvalue weighted by atomic mass is 35.5. The number of aromatic nitrogens is 1. The van der Waals surface area contributed by atoms with Gasteiger partial charge in [-0.15, -0.1) is 0 Å². The minimum atomic E-state index is -1.05. The molecular formula is C12H15ClN2O3. The number of hydrogen-bond acceptors (Lipinski definition) is 3. The van der Waals surface area contributed by atoms with Crippen LogP contribution in [0.25, 0.3) is 0 Å². The number of carboxylic acid groups (broad SMARTS) is 1. The topological polar surface area (TPSA) is 79.3 Å². The molecule has 1 unspecified atom stereocenters. The van der Waals surface area contributed by atoms with E-state index in [9.17, 15) is 9.59 Å². The maximum atomic E-state index is 11.8. The molecule has 0 aliphatic rings. The number of nitrogens with zero attached hydrogens (tertiary/aromatic N) is 1. The van der Waals surface area contributed by atoms with Crippen molar-refractivity contribution in [1.82, 2.24) is 10.3 Å². The third-order valence-corrected chi connectivity index (χ3v) is 2.49. The fourth-order valence-corrected chi connectivity index (χ4v) is 1.55. The number of pyridine rings is 1. The molecule has 0 aliphatic heterocycles. The predicted octanol–water partition coefficient (Wildman–Crippen LogP) is 1.96. The molecule has 5 nitrogen and oxygen atoms in total. The van der Waals surface area contributed by atoms with Crippen LogP contribution in [-0.2, 0) is 4.79 Å². The van der Waals surface area contributed by atoms with Gasteiger partial charge in [0.25, 0.3) is 5.91 Å². The first-order chi connectivity index (χ1) is 8.40. The van der Waals surface area contributed by atoms with Gasteiger partial charge in [-0.1, -0.05) is 25.4 Å². The molecule has 0 radical (unpaired) electrons. The van der Waals surface area contributed by atoms with Gasteiger partial charge in [-0.3, -0.25) is 4.79 Å². The van der Waals surface area contributed by atoms with Crippen LogP contribution in [0, 0.1) is 5.92 Å². The van der Waals surface area contributed by atoms with Crippen molar-refractivity contribution in [3.05, 3.63) is 29.0 Å². The Balaban J connectivity index is 2.72. The van der Waals surface area contributed by atoms with Crippen LogP contribution < -0.4 is 5.32 Å². The van der Waals surface area contributed by atoms with E-state index >= 15 is 0 Å². The lowest BCUT2D eigenvalue weighted by Gasteiger charge is -2.16. The molecule has 0 saturated heterocycles. The molecule has 0 bridgehead atoms. The maximum absolute atomic E-state index is 11.8. The molecule has 1 atom stereocenters. The summed E-state index contributed by atoms with van der Waals surface area (Å²) in [6, 6.07) is 2.07. The van der Waals surface area contributed by atoms with Crippen molar-refractivity contribution in [3.8, 4) is 0 Å². The lowest BCUT2D eigenvalue weighted by molar-refractivity contribution is -0.139. The lowest BCUT2D eigenvalue weighted by Crippen LogP contribution is -2.41. The molecule has 1 aromatic rings. The van der Waals surface area contributed by atoms with Crippen molar-refractivity contribution in [1.29, 1.82) is 0 Å². The summed E-state index contributed by atoms with van der Waals surface area (Å²) in [6.07, 6.45) is 1.71. The SMILES string of the molecule is CC(C)CC(NC(=O)c1ccc(Cl)cn1)C(=O)O. The second-order valence-corrected chi connectivity index (χ2v) is 4.79. The summed E-state index contributed by atoms with van der Waals surface area (Å²) in [5.74, 6) is -1.39. The van der Waals surface area contributed by atoms with Crippen LogP contribution in [0.5, 0.6) is 0 Å². The zero-order valence-electron chi connectivity index (χ0n) is 10.2. The fraction of sp³-hybridized carbons (Fsp3) is 0.417. The number of carbonyl (C=O) groups is 2. The Kier molecular flexibility index (Phi) is 5.09. The summed E-state index contributed by atoms with van der Waals surface area (Å²) in [7, 11) is 0. The zero-order valence-corrected chi connectivity index (χ0v) is 10.9. The van der Waals surface area contributed by atoms with Gasteiger partial charge in [-0.2, -0.15) is 0 Å². The summed E-state index contributed by atoms with van der Waals surface area (Å²) >= 11 is 5.65. The second kappa shape index (κ2) is 6.35. The third-order valence-electron chi connectivity index (χ3n) is 2.27. The van der Waals surface area contributed by atoms with Crippen molar-refractivity contribution >= 4 is 23.5 Å². The van der Waals surface area contributed by atoms with E-state index in [1.807, 2.05) is 13.8 Å². The molecule has 0 saturated carbocycles. The minimum Gasteiger partial charge on any atom is -0.480 e. The van der Waals surface area contributed by atoms with Crippen molar-refractivity contribution in [2.75, 3.05) is 0 Å². The molecule has 1 aromatic heterocycles. The highest BCUT2D eigenvalue weighted by Crippen LogP contribution is 2.08. The van der Waals surface area contributed by atoms with Crippen LogP contribution >= 0.6 is 11.6 Å². The van der Waals surface area contributed by atoms with E-state index in [0.717, 1.165) is 0 Å². The Morgan fingerprint density at radius 3 is 2.56 bits per heavy atom. The third kappa shape index (κ3) is 4.33. The highest BCUT2D eigenvalue weighted by Gasteiger charge is 2.22. The summed E-state index contributed by atoms with van der Waals surface area (Å²) in [4.78, 5) is 26.6. The van der Waals surface area contributed by atoms with E-state index in [-0.39, 0.29) is 11.6 Å². The second-order valence-electron chi connectivity index (χ2n) is 4.36. The van der Waals surface area contributed by atoms with Gasteiger partial charge in [0, 0.05) is 6.20 Å². The summed E-state index contributed by atoms with van der Waals surface area (Å²) in [6.45, 7) is 3.78. The van der Waals surface area contributed by atoms with E-state index in [1.165, 1.54) is 18.3 Å². The van der Waals surface area contributed by atoms with Gasteiger partial charge in [0.2, 0.25) is 0 Å². The van der Waals surface area contributed by atoms with E-state index < -0.39 is 17.9 Å². The number of carbonyl (C=O) groups excluding carboxylic acids is 1. The Bertz CT molecular complexity index is 431. The Labute approximate surface area is 110 Å². The molecule has 0 aliphatic carbocycles. The van der Waals surface area contributed by atoms with E-state index in [1.54, 1.807) is 0 Å². The van der Waals surface area contributed by atoms with Gasteiger partial charge < -0.3 is 10.4 Å². The first-order valence-corrected chi connectivity index (χ1v) is 5.93. The first kappa shape index (κ1) is 14.4. The minimum absolute atomic E-state index is 0.148. The first-order valence-electron chi connectivity index (χ1n) is 5.55. The molecule has 98 valence electrons. The van der Waals surface area contributed by atoms with Crippen molar-refractivity contribution in [2.24, 2.45) is 5.92 Å². The summed E-state index contributed by atoms with van der Waals surface area (Å²) < 4.78 is 0. The van der Waals surface area contributed by atoms with Gasteiger partial charge in [-0.05, 0) is 24.5 Å². The van der Waals surface area contributed by atoms with Crippen LogP contribution in [0.1, 0.15) is 30.8 Å². The van der Waals surface area contributed by atoms with Crippen LogP contribution in [0.2, 0.25) is 5.02 Å². The maximum Gasteiger partial charge on any atom is 0.326 e. The Morgan fingerprint density at radius 2 is 2.11 bits per heavy atom. The number of nitrogens with one attached hydrogen (secondary N) is 1. The van der Waals surface area contributed by atoms with Gasteiger partial charge in [0.15, 0.2) is 0 Å². The van der Waals surface area contributed by atoms with Crippen LogP contribution in [-0.4, -0.2) is 28.0 Å². The molecule has 0 fully saturated rings. The van der Waals surface area contributed by atoms with Gasteiger partial charge >= 0.3 is 5.97 Å². The molecule has 2 N–H and O–H groups in total. The van der Waals surface area contributed by atoms with E-state index in [2.05, 4.69) is 10.3 Å². The molecule has 1 amide bonds. The number of amides is 1. The van der Waals surface area contributed by atoms with Crippen molar-refractivity contribution < 1.29 is 14.7 Å². The number of rotatable bonds is 5. The van der Waals surface area contributed by atoms with E-state index in [4.69, 9.17) is 16.7 Å².